The molecule has 0 aliphatic heterocycles. The number of carbonyl (C=O) groups excluding carboxylic acids is 1. The first-order valence-electron chi connectivity index (χ1n) is 5.66. The van der Waals surface area contributed by atoms with Gasteiger partial charge in [-0.05, 0) is 32.3 Å². The molecule has 0 saturated heterocycles. The van der Waals surface area contributed by atoms with Gasteiger partial charge in [-0.1, -0.05) is 19.1 Å². The van der Waals surface area contributed by atoms with Crippen LogP contribution in [0.5, 0.6) is 0 Å². The zero-order chi connectivity index (χ0) is 11.3. The van der Waals surface area contributed by atoms with Gasteiger partial charge < -0.3 is 4.74 Å². The Bertz CT molecular complexity index is 289. The molecule has 1 aliphatic carbocycles. The lowest BCUT2D eigenvalue weighted by atomic mass is 9.76. The molecule has 2 nitrogen and oxygen atoms in total. The fourth-order valence-corrected chi connectivity index (χ4v) is 2.18. The number of ether oxygens (including phenoxy) is 1. The average molecular weight is 208 g/mol. The van der Waals surface area contributed by atoms with Crippen molar-refractivity contribution >= 4 is 5.97 Å². The highest BCUT2D eigenvalue weighted by molar-refractivity contribution is 5.67. The van der Waals surface area contributed by atoms with E-state index in [1.807, 2.05) is 6.92 Å². The molecular formula is C13H20O2. The van der Waals surface area contributed by atoms with Crippen molar-refractivity contribution in [2.75, 3.05) is 0 Å². The molecule has 0 radical (unpaired) electrons. The second-order valence-corrected chi connectivity index (χ2v) is 4.14. The van der Waals surface area contributed by atoms with E-state index >= 15 is 0 Å². The van der Waals surface area contributed by atoms with E-state index in [-0.39, 0.29) is 11.4 Å². The Labute approximate surface area is 92.0 Å². The fourth-order valence-electron chi connectivity index (χ4n) is 2.18. The summed E-state index contributed by atoms with van der Waals surface area (Å²) in [6.45, 7) is 5.66. The summed E-state index contributed by atoms with van der Waals surface area (Å²) in [5, 5.41) is 0. The standard InChI is InChI=1S/C13H20O2/c1-4-8-13(5-2)9-6-7-12(10-13)15-11(3)14/h4,8,10H,5-7,9H2,1-3H3/b8-4+/t13-/m0/s1. The molecule has 0 saturated carbocycles. The predicted octanol–water partition coefficient (Wildman–Crippen LogP) is 3.59. The minimum atomic E-state index is -0.214. The summed E-state index contributed by atoms with van der Waals surface area (Å²) < 4.78 is 5.18. The van der Waals surface area contributed by atoms with E-state index in [9.17, 15) is 4.79 Å². The molecule has 0 N–H and O–H groups in total. The van der Waals surface area contributed by atoms with Crippen LogP contribution in [0, 0.1) is 5.41 Å². The lowest BCUT2D eigenvalue weighted by Crippen LogP contribution is -2.19. The maximum absolute atomic E-state index is 10.9. The second-order valence-electron chi connectivity index (χ2n) is 4.14. The Hall–Kier alpha value is -1.05. The molecule has 0 bridgehead atoms. The van der Waals surface area contributed by atoms with Gasteiger partial charge in [0.05, 0.1) is 0 Å². The van der Waals surface area contributed by atoms with Gasteiger partial charge in [0.1, 0.15) is 5.76 Å². The van der Waals surface area contributed by atoms with Crippen LogP contribution in [-0.2, 0) is 9.53 Å². The molecule has 0 amide bonds. The minimum Gasteiger partial charge on any atom is -0.432 e. The SMILES string of the molecule is C/C=C/[C@]1(CC)C=C(OC(C)=O)CCC1. The van der Waals surface area contributed by atoms with Crippen molar-refractivity contribution in [1.29, 1.82) is 0 Å². The van der Waals surface area contributed by atoms with Crippen molar-refractivity contribution in [1.82, 2.24) is 0 Å². The van der Waals surface area contributed by atoms with E-state index in [1.54, 1.807) is 0 Å². The lowest BCUT2D eigenvalue weighted by Gasteiger charge is -2.30. The first-order valence-corrected chi connectivity index (χ1v) is 5.66. The van der Waals surface area contributed by atoms with Crippen LogP contribution >= 0.6 is 0 Å². The van der Waals surface area contributed by atoms with Crippen LogP contribution in [0.15, 0.2) is 24.0 Å². The third-order valence-electron chi connectivity index (χ3n) is 2.95. The zero-order valence-electron chi connectivity index (χ0n) is 9.88. The van der Waals surface area contributed by atoms with Gasteiger partial charge in [0.25, 0.3) is 0 Å². The van der Waals surface area contributed by atoms with Gasteiger partial charge >= 0.3 is 5.97 Å². The first kappa shape index (κ1) is 12.0. The number of esters is 1. The highest BCUT2D eigenvalue weighted by Gasteiger charge is 2.27. The molecular weight excluding hydrogens is 188 g/mol. The predicted molar refractivity (Wildman–Crippen MR) is 61.2 cm³/mol. The number of allylic oxidation sites excluding steroid dienone is 4. The van der Waals surface area contributed by atoms with Crippen molar-refractivity contribution in [3.8, 4) is 0 Å². The van der Waals surface area contributed by atoms with Crippen LogP contribution in [0.1, 0.15) is 46.5 Å². The molecule has 1 aliphatic rings. The van der Waals surface area contributed by atoms with Gasteiger partial charge in [-0.3, -0.25) is 4.79 Å². The second kappa shape index (κ2) is 5.15. The molecule has 0 spiro atoms. The maximum atomic E-state index is 10.9. The molecule has 0 unspecified atom stereocenters. The zero-order valence-corrected chi connectivity index (χ0v) is 9.88. The smallest absolute Gasteiger partial charge is 0.307 e. The Morgan fingerprint density at radius 2 is 2.40 bits per heavy atom. The molecule has 0 aromatic rings. The summed E-state index contributed by atoms with van der Waals surface area (Å²) in [4.78, 5) is 10.9. The molecule has 1 atom stereocenters. The lowest BCUT2D eigenvalue weighted by molar-refractivity contribution is -0.137. The van der Waals surface area contributed by atoms with Gasteiger partial charge in [-0.2, -0.15) is 0 Å². The van der Waals surface area contributed by atoms with Crippen molar-refractivity contribution in [2.24, 2.45) is 5.41 Å². The van der Waals surface area contributed by atoms with E-state index in [1.165, 1.54) is 6.92 Å². The molecule has 0 fully saturated rings. The molecule has 1 rings (SSSR count). The summed E-state index contributed by atoms with van der Waals surface area (Å²) in [7, 11) is 0. The van der Waals surface area contributed by atoms with Crippen molar-refractivity contribution < 1.29 is 9.53 Å². The normalized spacial score (nSPS) is 26.5. The van der Waals surface area contributed by atoms with Crippen LogP contribution in [0.4, 0.5) is 0 Å². The summed E-state index contributed by atoms with van der Waals surface area (Å²) in [5.74, 6) is 0.627. The number of hydrogen-bond acceptors (Lipinski definition) is 2. The Morgan fingerprint density at radius 3 is 2.93 bits per heavy atom. The minimum absolute atomic E-state index is 0.109. The molecule has 84 valence electrons. The summed E-state index contributed by atoms with van der Waals surface area (Å²) in [6.07, 6.45) is 10.6. The number of rotatable bonds is 3. The van der Waals surface area contributed by atoms with E-state index in [0.29, 0.717) is 0 Å². The first-order chi connectivity index (χ1) is 7.12. The molecule has 0 aromatic heterocycles. The van der Waals surface area contributed by atoms with Crippen molar-refractivity contribution in [3.05, 3.63) is 24.0 Å². The van der Waals surface area contributed by atoms with E-state index in [4.69, 9.17) is 4.74 Å². The largest absolute Gasteiger partial charge is 0.432 e. The Balaban J connectivity index is 2.85. The molecule has 0 heterocycles. The highest BCUT2D eigenvalue weighted by atomic mass is 16.5. The summed E-state index contributed by atoms with van der Waals surface area (Å²) >= 11 is 0. The van der Waals surface area contributed by atoms with E-state index < -0.39 is 0 Å². The number of hydrogen-bond donors (Lipinski definition) is 0. The van der Waals surface area contributed by atoms with Gasteiger partial charge in [0, 0.05) is 18.8 Å². The summed E-state index contributed by atoms with van der Waals surface area (Å²) in [5.41, 5.74) is 0.109. The topological polar surface area (TPSA) is 26.3 Å². The maximum Gasteiger partial charge on any atom is 0.307 e. The van der Waals surface area contributed by atoms with Crippen molar-refractivity contribution in [3.63, 3.8) is 0 Å². The molecule has 2 heteroatoms. The summed E-state index contributed by atoms with van der Waals surface area (Å²) in [6, 6.07) is 0. The van der Waals surface area contributed by atoms with Crippen LogP contribution in [-0.4, -0.2) is 5.97 Å². The van der Waals surface area contributed by atoms with Gasteiger partial charge in [-0.25, -0.2) is 0 Å². The quantitative estimate of drug-likeness (QED) is 0.523. The van der Waals surface area contributed by atoms with Crippen LogP contribution < -0.4 is 0 Å². The monoisotopic (exact) mass is 208 g/mol. The Morgan fingerprint density at radius 1 is 1.67 bits per heavy atom. The van der Waals surface area contributed by atoms with Crippen LogP contribution in [0.2, 0.25) is 0 Å². The van der Waals surface area contributed by atoms with Crippen LogP contribution in [0.25, 0.3) is 0 Å². The number of carbonyl (C=O) groups is 1. The van der Waals surface area contributed by atoms with Crippen molar-refractivity contribution in [2.45, 2.75) is 46.5 Å². The highest BCUT2D eigenvalue weighted by Crippen LogP contribution is 2.38. The van der Waals surface area contributed by atoms with E-state index in [0.717, 1.165) is 31.4 Å². The third kappa shape index (κ3) is 3.22. The fraction of sp³-hybridized carbons (Fsp3) is 0.615. The van der Waals surface area contributed by atoms with Gasteiger partial charge in [0.2, 0.25) is 0 Å². The third-order valence-corrected chi connectivity index (χ3v) is 2.95. The Kier molecular flexibility index (Phi) is 4.13. The van der Waals surface area contributed by atoms with Gasteiger partial charge in [0.15, 0.2) is 0 Å². The average Bonchev–Trinajstić information content (AvgIpc) is 2.17. The molecule has 0 aromatic carbocycles. The molecule has 15 heavy (non-hydrogen) atoms. The van der Waals surface area contributed by atoms with Crippen LogP contribution in [0.3, 0.4) is 0 Å². The van der Waals surface area contributed by atoms with Gasteiger partial charge in [-0.15, -0.1) is 0 Å². The van der Waals surface area contributed by atoms with E-state index in [2.05, 4.69) is 25.2 Å².